The first-order chi connectivity index (χ1) is 7.68. The van der Waals surface area contributed by atoms with Crippen molar-refractivity contribution < 1.29 is 9.53 Å². The van der Waals surface area contributed by atoms with Crippen LogP contribution in [0.4, 0.5) is 0 Å². The molecular formula is C12H22N2O2. The van der Waals surface area contributed by atoms with Gasteiger partial charge in [0.1, 0.15) is 0 Å². The third-order valence-electron chi connectivity index (χ3n) is 3.57. The van der Waals surface area contributed by atoms with Gasteiger partial charge in [-0.25, -0.2) is 0 Å². The van der Waals surface area contributed by atoms with Gasteiger partial charge in [-0.05, 0) is 26.2 Å². The van der Waals surface area contributed by atoms with Gasteiger partial charge in [0.05, 0.1) is 18.7 Å². The lowest BCUT2D eigenvalue weighted by molar-refractivity contribution is -0.122. The predicted octanol–water partition coefficient (Wildman–Crippen LogP) is 0.814. The molecule has 0 aromatic rings. The van der Waals surface area contributed by atoms with Gasteiger partial charge in [0.2, 0.25) is 5.91 Å². The number of rotatable bonds is 4. The van der Waals surface area contributed by atoms with Crippen LogP contribution in [0.2, 0.25) is 0 Å². The SMILES string of the molecule is CC1(NC(=O)CNC2CCCC2)CCOC1. The molecule has 4 heteroatoms. The predicted molar refractivity (Wildman–Crippen MR) is 62.2 cm³/mol. The molecule has 0 radical (unpaired) electrons. The Hall–Kier alpha value is -0.610. The fourth-order valence-electron chi connectivity index (χ4n) is 2.51. The van der Waals surface area contributed by atoms with Crippen LogP contribution in [-0.4, -0.2) is 37.2 Å². The lowest BCUT2D eigenvalue weighted by Gasteiger charge is -2.24. The summed E-state index contributed by atoms with van der Waals surface area (Å²) >= 11 is 0. The smallest absolute Gasteiger partial charge is 0.234 e. The second-order valence-corrected chi connectivity index (χ2v) is 5.27. The lowest BCUT2D eigenvalue weighted by atomic mass is 10.0. The maximum atomic E-state index is 11.7. The molecule has 1 heterocycles. The van der Waals surface area contributed by atoms with Gasteiger partial charge in [-0.15, -0.1) is 0 Å². The number of amides is 1. The van der Waals surface area contributed by atoms with E-state index in [1.165, 1.54) is 25.7 Å². The average Bonchev–Trinajstić information content (AvgIpc) is 2.86. The fraction of sp³-hybridized carbons (Fsp3) is 0.917. The van der Waals surface area contributed by atoms with E-state index in [2.05, 4.69) is 10.6 Å². The van der Waals surface area contributed by atoms with E-state index in [-0.39, 0.29) is 11.4 Å². The first kappa shape index (κ1) is 11.9. The average molecular weight is 226 g/mol. The Balaban J connectivity index is 1.67. The third kappa shape index (κ3) is 3.19. The van der Waals surface area contributed by atoms with E-state index in [1.54, 1.807) is 0 Å². The zero-order valence-corrected chi connectivity index (χ0v) is 10.1. The highest BCUT2D eigenvalue weighted by Gasteiger charge is 2.31. The molecule has 0 aromatic carbocycles. The number of carbonyl (C=O) groups is 1. The van der Waals surface area contributed by atoms with Crippen molar-refractivity contribution in [1.82, 2.24) is 10.6 Å². The summed E-state index contributed by atoms with van der Waals surface area (Å²) in [5.74, 6) is 0.0971. The molecule has 0 bridgehead atoms. The first-order valence-corrected chi connectivity index (χ1v) is 6.30. The van der Waals surface area contributed by atoms with Crippen molar-refractivity contribution in [1.29, 1.82) is 0 Å². The quantitative estimate of drug-likeness (QED) is 0.746. The summed E-state index contributed by atoms with van der Waals surface area (Å²) in [6, 6.07) is 0.554. The molecule has 1 aliphatic carbocycles. The van der Waals surface area contributed by atoms with Gasteiger partial charge < -0.3 is 15.4 Å². The second kappa shape index (κ2) is 5.15. The molecule has 2 fully saturated rings. The van der Waals surface area contributed by atoms with Gasteiger partial charge in [0.15, 0.2) is 0 Å². The van der Waals surface area contributed by atoms with E-state index >= 15 is 0 Å². The molecule has 4 nitrogen and oxygen atoms in total. The number of hydrogen-bond acceptors (Lipinski definition) is 3. The molecule has 2 aliphatic rings. The largest absolute Gasteiger partial charge is 0.379 e. The summed E-state index contributed by atoms with van der Waals surface area (Å²) in [6.07, 6.45) is 5.94. The maximum Gasteiger partial charge on any atom is 0.234 e. The number of hydrogen-bond donors (Lipinski definition) is 2. The minimum Gasteiger partial charge on any atom is -0.379 e. The minimum absolute atomic E-state index is 0.0971. The van der Waals surface area contributed by atoms with Crippen molar-refractivity contribution >= 4 is 5.91 Å². The van der Waals surface area contributed by atoms with Crippen LogP contribution < -0.4 is 10.6 Å². The van der Waals surface area contributed by atoms with Gasteiger partial charge in [0, 0.05) is 12.6 Å². The van der Waals surface area contributed by atoms with Crippen molar-refractivity contribution in [2.45, 2.75) is 50.6 Å². The standard InChI is InChI=1S/C12H22N2O2/c1-12(6-7-16-9-12)14-11(15)8-13-10-4-2-3-5-10/h10,13H,2-9H2,1H3,(H,14,15). The Morgan fingerprint density at radius 1 is 1.44 bits per heavy atom. The molecule has 16 heavy (non-hydrogen) atoms. The molecule has 1 amide bonds. The van der Waals surface area contributed by atoms with Crippen LogP contribution in [0.1, 0.15) is 39.0 Å². The Morgan fingerprint density at radius 2 is 2.19 bits per heavy atom. The van der Waals surface area contributed by atoms with Crippen LogP contribution in [0.25, 0.3) is 0 Å². The molecule has 0 aromatic heterocycles. The summed E-state index contributed by atoms with van der Waals surface area (Å²) in [7, 11) is 0. The van der Waals surface area contributed by atoms with Gasteiger partial charge >= 0.3 is 0 Å². The molecular weight excluding hydrogens is 204 g/mol. The molecule has 1 atom stereocenters. The molecule has 92 valence electrons. The van der Waals surface area contributed by atoms with Crippen LogP contribution in [-0.2, 0) is 9.53 Å². The van der Waals surface area contributed by atoms with Gasteiger partial charge in [-0.1, -0.05) is 12.8 Å². The van der Waals surface area contributed by atoms with Gasteiger partial charge in [0.25, 0.3) is 0 Å². The Bertz CT molecular complexity index is 243. The summed E-state index contributed by atoms with van der Waals surface area (Å²) in [5, 5.41) is 6.37. The second-order valence-electron chi connectivity index (χ2n) is 5.27. The Kier molecular flexibility index (Phi) is 3.82. The van der Waals surface area contributed by atoms with Gasteiger partial charge in [-0.3, -0.25) is 4.79 Å². The van der Waals surface area contributed by atoms with E-state index in [0.29, 0.717) is 19.2 Å². The highest BCUT2D eigenvalue weighted by molar-refractivity contribution is 5.78. The number of carbonyl (C=O) groups excluding carboxylic acids is 1. The van der Waals surface area contributed by atoms with Crippen molar-refractivity contribution in [3.05, 3.63) is 0 Å². The molecule has 0 spiro atoms. The van der Waals surface area contributed by atoms with Crippen LogP contribution in [0.3, 0.4) is 0 Å². The topological polar surface area (TPSA) is 50.4 Å². The zero-order valence-electron chi connectivity index (χ0n) is 10.1. The summed E-state index contributed by atoms with van der Waals surface area (Å²) in [5.41, 5.74) is -0.144. The number of ether oxygens (including phenoxy) is 1. The Labute approximate surface area is 97.1 Å². The minimum atomic E-state index is -0.144. The molecule has 1 aliphatic heterocycles. The maximum absolute atomic E-state index is 11.7. The van der Waals surface area contributed by atoms with Crippen LogP contribution in [0.15, 0.2) is 0 Å². The molecule has 2 rings (SSSR count). The van der Waals surface area contributed by atoms with Crippen molar-refractivity contribution in [3.8, 4) is 0 Å². The highest BCUT2D eigenvalue weighted by atomic mass is 16.5. The molecule has 1 saturated carbocycles. The van der Waals surface area contributed by atoms with Crippen molar-refractivity contribution in [2.24, 2.45) is 0 Å². The van der Waals surface area contributed by atoms with Crippen LogP contribution >= 0.6 is 0 Å². The fourth-order valence-corrected chi connectivity index (χ4v) is 2.51. The molecule has 1 unspecified atom stereocenters. The first-order valence-electron chi connectivity index (χ1n) is 6.30. The van der Waals surface area contributed by atoms with E-state index in [9.17, 15) is 4.79 Å². The monoisotopic (exact) mass is 226 g/mol. The highest BCUT2D eigenvalue weighted by Crippen LogP contribution is 2.18. The van der Waals surface area contributed by atoms with E-state index in [0.717, 1.165) is 13.0 Å². The zero-order chi connectivity index (χ0) is 11.4. The normalized spacial score (nSPS) is 30.8. The molecule has 1 saturated heterocycles. The Morgan fingerprint density at radius 3 is 2.81 bits per heavy atom. The van der Waals surface area contributed by atoms with Crippen molar-refractivity contribution in [3.63, 3.8) is 0 Å². The lowest BCUT2D eigenvalue weighted by Crippen LogP contribution is -2.50. The van der Waals surface area contributed by atoms with E-state index < -0.39 is 0 Å². The van der Waals surface area contributed by atoms with Gasteiger partial charge in [-0.2, -0.15) is 0 Å². The summed E-state index contributed by atoms with van der Waals surface area (Å²) < 4.78 is 5.30. The third-order valence-corrected chi connectivity index (χ3v) is 3.57. The summed E-state index contributed by atoms with van der Waals surface area (Å²) in [6.45, 7) is 3.89. The van der Waals surface area contributed by atoms with E-state index in [4.69, 9.17) is 4.74 Å². The van der Waals surface area contributed by atoms with Crippen LogP contribution in [0, 0.1) is 0 Å². The van der Waals surface area contributed by atoms with Crippen molar-refractivity contribution in [2.75, 3.05) is 19.8 Å². The van der Waals surface area contributed by atoms with Crippen LogP contribution in [0.5, 0.6) is 0 Å². The van der Waals surface area contributed by atoms with E-state index in [1.807, 2.05) is 6.92 Å². The molecule has 2 N–H and O–H groups in total. The summed E-state index contributed by atoms with van der Waals surface area (Å²) in [4.78, 5) is 11.7. The number of nitrogens with one attached hydrogen (secondary N) is 2.